The second-order valence-electron chi connectivity index (χ2n) is 4.10. The first-order valence-corrected chi connectivity index (χ1v) is 7.84. The Labute approximate surface area is 126 Å². The van der Waals surface area contributed by atoms with Crippen molar-refractivity contribution >= 4 is 33.7 Å². The summed E-state index contributed by atoms with van der Waals surface area (Å²) in [7, 11) is 1.80. The van der Waals surface area contributed by atoms with E-state index < -0.39 is 0 Å². The van der Waals surface area contributed by atoms with Gasteiger partial charge in [0.2, 0.25) is 0 Å². The summed E-state index contributed by atoms with van der Waals surface area (Å²) in [5, 5.41) is 6.80. The molecule has 0 atom stereocenters. The van der Waals surface area contributed by atoms with Gasteiger partial charge < -0.3 is 10.2 Å². The molecule has 0 aliphatic rings. The lowest BCUT2D eigenvalue weighted by Gasteiger charge is -2.14. The Morgan fingerprint density at radius 2 is 2.40 bits per heavy atom. The van der Waals surface area contributed by atoms with E-state index >= 15 is 0 Å². The lowest BCUT2D eigenvalue weighted by Crippen LogP contribution is -2.28. The van der Waals surface area contributed by atoms with Crippen LogP contribution in [0.1, 0.15) is 14.7 Å². The maximum atomic E-state index is 12.2. The molecule has 0 saturated carbocycles. The van der Waals surface area contributed by atoms with Gasteiger partial charge in [-0.15, -0.1) is 17.9 Å². The summed E-state index contributed by atoms with van der Waals surface area (Å²) in [5.74, 6) is -0.00860. The molecular formula is C13H16N4OS2. The minimum atomic E-state index is -0.00860. The normalized spacial score (nSPS) is 10.2. The zero-order valence-electron chi connectivity index (χ0n) is 11.2. The fourth-order valence-corrected chi connectivity index (χ4v) is 2.97. The summed E-state index contributed by atoms with van der Waals surface area (Å²) in [5.41, 5.74) is 0. The molecule has 106 valence electrons. The van der Waals surface area contributed by atoms with Crippen molar-refractivity contribution in [1.82, 2.24) is 14.9 Å². The molecule has 0 aliphatic heterocycles. The Bertz CT molecular complexity index is 565. The number of carbonyl (C=O) groups is 1. The summed E-state index contributed by atoms with van der Waals surface area (Å²) >= 11 is 2.97. The molecule has 2 heterocycles. The standard InChI is InChI=1S/C13H16N4OS2/c1-3-5-15-13-16-9-10(20-13)12(18)17(2)7-4-11-14-6-8-19-11/h3,6,8-9H,1,4-5,7H2,2H3,(H,15,16). The fourth-order valence-electron chi connectivity index (χ4n) is 1.54. The number of nitrogens with zero attached hydrogens (tertiary/aromatic N) is 3. The molecule has 20 heavy (non-hydrogen) atoms. The number of hydrogen-bond donors (Lipinski definition) is 1. The van der Waals surface area contributed by atoms with Gasteiger partial charge in [-0.3, -0.25) is 4.79 Å². The number of aromatic nitrogens is 2. The highest BCUT2D eigenvalue weighted by atomic mass is 32.1. The van der Waals surface area contributed by atoms with E-state index in [0.717, 1.165) is 16.6 Å². The van der Waals surface area contributed by atoms with Crippen LogP contribution in [0.5, 0.6) is 0 Å². The Balaban J connectivity index is 1.89. The van der Waals surface area contributed by atoms with Crippen molar-refractivity contribution in [1.29, 1.82) is 0 Å². The predicted octanol–water partition coefficient (Wildman–Crippen LogP) is 2.51. The number of rotatable bonds is 7. The highest BCUT2D eigenvalue weighted by molar-refractivity contribution is 7.17. The third kappa shape index (κ3) is 3.88. The quantitative estimate of drug-likeness (QED) is 0.799. The largest absolute Gasteiger partial charge is 0.358 e. The third-order valence-corrected chi connectivity index (χ3v) is 4.39. The van der Waals surface area contributed by atoms with E-state index in [4.69, 9.17) is 0 Å². The van der Waals surface area contributed by atoms with Crippen LogP contribution in [0, 0.1) is 0 Å². The molecule has 2 rings (SSSR count). The average Bonchev–Trinajstić information content (AvgIpc) is 3.12. The lowest BCUT2D eigenvalue weighted by molar-refractivity contribution is 0.0801. The van der Waals surface area contributed by atoms with E-state index in [-0.39, 0.29) is 5.91 Å². The van der Waals surface area contributed by atoms with Crippen molar-refractivity contribution in [3.8, 4) is 0 Å². The maximum Gasteiger partial charge on any atom is 0.265 e. The van der Waals surface area contributed by atoms with E-state index in [9.17, 15) is 4.79 Å². The summed E-state index contributed by atoms with van der Waals surface area (Å²) < 4.78 is 0. The predicted molar refractivity (Wildman–Crippen MR) is 83.6 cm³/mol. The van der Waals surface area contributed by atoms with Crippen LogP contribution in [-0.4, -0.2) is 40.9 Å². The molecule has 0 aliphatic carbocycles. The second-order valence-corrected chi connectivity index (χ2v) is 6.11. The van der Waals surface area contributed by atoms with Crippen LogP contribution in [0.2, 0.25) is 0 Å². The molecule has 0 bridgehead atoms. The van der Waals surface area contributed by atoms with Crippen molar-refractivity contribution in [2.45, 2.75) is 6.42 Å². The molecule has 1 N–H and O–H groups in total. The molecule has 5 nitrogen and oxygen atoms in total. The molecule has 7 heteroatoms. The summed E-state index contributed by atoms with van der Waals surface area (Å²) in [6, 6.07) is 0. The minimum absolute atomic E-state index is 0.00860. The lowest BCUT2D eigenvalue weighted by atomic mass is 10.4. The van der Waals surface area contributed by atoms with Crippen LogP contribution < -0.4 is 5.32 Å². The van der Waals surface area contributed by atoms with Crippen LogP contribution in [0.4, 0.5) is 5.13 Å². The molecule has 2 aromatic heterocycles. The van der Waals surface area contributed by atoms with Crippen LogP contribution in [0.15, 0.2) is 30.4 Å². The molecule has 0 spiro atoms. The molecule has 0 fully saturated rings. The molecular weight excluding hydrogens is 292 g/mol. The summed E-state index contributed by atoms with van der Waals surface area (Å²) in [4.78, 5) is 22.9. The van der Waals surface area contributed by atoms with E-state index in [0.29, 0.717) is 18.0 Å². The average molecular weight is 308 g/mol. The van der Waals surface area contributed by atoms with E-state index in [1.54, 1.807) is 41.8 Å². The van der Waals surface area contributed by atoms with Gasteiger partial charge in [-0.05, 0) is 0 Å². The first kappa shape index (κ1) is 14.7. The van der Waals surface area contributed by atoms with Crippen molar-refractivity contribution in [3.63, 3.8) is 0 Å². The molecule has 1 amide bonds. The van der Waals surface area contributed by atoms with E-state index in [2.05, 4.69) is 21.9 Å². The van der Waals surface area contributed by atoms with E-state index in [1.807, 2.05) is 5.38 Å². The number of nitrogens with one attached hydrogen (secondary N) is 1. The zero-order chi connectivity index (χ0) is 14.4. The molecule has 2 aromatic rings. The molecule has 0 radical (unpaired) electrons. The van der Waals surface area contributed by atoms with Gasteiger partial charge in [0, 0.05) is 38.1 Å². The van der Waals surface area contributed by atoms with Crippen molar-refractivity contribution in [2.24, 2.45) is 0 Å². The molecule has 0 saturated heterocycles. The second kappa shape index (κ2) is 7.16. The summed E-state index contributed by atoms with van der Waals surface area (Å²) in [6.45, 7) is 4.92. The number of hydrogen-bond acceptors (Lipinski definition) is 6. The first-order valence-electron chi connectivity index (χ1n) is 6.15. The van der Waals surface area contributed by atoms with Crippen molar-refractivity contribution in [2.75, 3.05) is 25.5 Å². The zero-order valence-corrected chi connectivity index (χ0v) is 12.8. The monoisotopic (exact) mass is 308 g/mol. The Hall–Kier alpha value is -1.73. The third-order valence-electron chi connectivity index (χ3n) is 2.61. The van der Waals surface area contributed by atoms with Gasteiger partial charge in [0.05, 0.1) is 11.2 Å². The topological polar surface area (TPSA) is 58.1 Å². The van der Waals surface area contributed by atoms with Gasteiger partial charge in [0.15, 0.2) is 5.13 Å². The smallest absolute Gasteiger partial charge is 0.265 e. The SMILES string of the molecule is C=CCNc1ncc(C(=O)N(C)CCc2nccs2)s1. The van der Waals surface area contributed by atoms with Gasteiger partial charge in [0.25, 0.3) is 5.91 Å². The number of likely N-dealkylation sites (N-methyl/N-ethyl adjacent to an activating group) is 1. The molecule has 0 unspecified atom stereocenters. The number of carbonyl (C=O) groups excluding carboxylic acids is 1. The Kier molecular flexibility index (Phi) is 5.25. The van der Waals surface area contributed by atoms with Crippen molar-refractivity contribution in [3.05, 3.63) is 40.3 Å². The van der Waals surface area contributed by atoms with Gasteiger partial charge in [-0.25, -0.2) is 9.97 Å². The van der Waals surface area contributed by atoms with Crippen LogP contribution >= 0.6 is 22.7 Å². The number of anilines is 1. The van der Waals surface area contributed by atoms with Crippen LogP contribution in [0.25, 0.3) is 0 Å². The van der Waals surface area contributed by atoms with Crippen LogP contribution in [0.3, 0.4) is 0 Å². The number of thiazole rings is 2. The maximum absolute atomic E-state index is 12.2. The Morgan fingerprint density at radius 1 is 1.55 bits per heavy atom. The summed E-state index contributed by atoms with van der Waals surface area (Å²) in [6.07, 6.45) is 5.92. The Morgan fingerprint density at radius 3 is 3.10 bits per heavy atom. The van der Waals surface area contributed by atoms with Gasteiger partial charge in [0.1, 0.15) is 4.88 Å². The minimum Gasteiger partial charge on any atom is -0.358 e. The highest BCUT2D eigenvalue weighted by Gasteiger charge is 2.15. The first-order chi connectivity index (χ1) is 9.70. The van der Waals surface area contributed by atoms with Gasteiger partial charge in [-0.2, -0.15) is 0 Å². The molecule has 0 aromatic carbocycles. The highest BCUT2D eigenvalue weighted by Crippen LogP contribution is 2.19. The van der Waals surface area contributed by atoms with Crippen molar-refractivity contribution < 1.29 is 4.79 Å². The van der Waals surface area contributed by atoms with Gasteiger partial charge >= 0.3 is 0 Å². The van der Waals surface area contributed by atoms with E-state index in [1.165, 1.54) is 11.3 Å². The van der Waals surface area contributed by atoms with Crippen LogP contribution in [-0.2, 0) is 6.42 Å². The number of amides is 1. The van der Waals surface area contributed by atoms with Gasteiger partial charge in [-0.1, -0.05) is 17.4 Å². The fraction of sp³-hybridized carbons (Fsp3) is 0.308.